The molecule has 0 aliphatic carbocycles. The molecule has 0 atom stereocenters. The van der Waals surface area contributed by atoms with Gasteiger partial charge >= 0.3 is 0 Å². The summed E-state index contributed by atoms with van der Waals surface area (Å²) in [6, 6.07) is 16.9. The fourth-order valence-corrected chi connectivity index (χ4v) is 3.69. The highest BCUT2D eigenvalue weighted by Crippen LogP contribution is 2.26. The lowest BCUT2D eigenvalue weighted by Gasteiger charge is -2.26. The summed E-state index contributed by atoms with van der Waals surface area (Å²) in [6.07, 6.45) is 0. The number of benzene rings is 2. The van der Waals surface area contributed by atoms with Gasteiger partial charge in [0.05, 0.1) is 30.0 Å². The predicted molar refractivity (Wildman–Crippen MR) is 121 cm³/mol. The van der Waals surface area contributed by atoms with E-state index in [9.17, 15) is 9.59 Å². The molecule has 2 heterocycles. The SMILES string of the molecule is CC(=O)Nc1ccc(-c2cc(C(=O)NCCN3CCOCC3)c3ccccc3n2)cc1. The number of morpholine rings is 1. The van der Waals surface area contributed by atoms with Gasteiger partial charge in [-0.15, -0.1) is 0 Å². The van der Waals surface area contributed by atoms with Crippen LogP contribution in [0.15, 0.2) is 54.6 Å². The molecular formula is C24H26N4O3. The van der Waals surface area contributed by atoms with E-state index in [1.54, 1.807) is 0 Å². The second-order valence-corrected chi connectivity index (χ2v) is 7.54. The van der Waals surface area contributed by atoms with Gasteiger partial charge in [0.1, 0.15) is 0 Å². The molecule has 0 spiro atoms. The average Bonchev–Trinajstić information content (AvgIpc) is 2.79. The largest absolute Gasteiger partial charge is 0.379 e. The van der Waals surface area contributed by atoms with Gasteiger partial charge in [-0.2, -0.15) is 0 Å². The Hall–Kier alpha value is -3.29. The number of fused-ring (bicyclic) bond motifs is 1. The Labute approximate surface area is 181 Å². The summed E-state index contributed by atoms with van der Waals surface area (Å²) < 4.78 is 5.37. The number of nitrogens with zero attached hydrogens (tertiary/aromatic N) is 2. The van der Waals surface area contributed by atoms with Crippen LogP contribution < -0.4 is 10.6 Å². The van der Waals surface area contributed by atoms with Crippen molar-refractivity contribution in [2.75, 3.05) is 44.7 Å². The summed E-state index contributed by atoms with van der Waals surface area (Å²) >= 11 is 0. The van der Waals surface area contributed by atoms with E-state index in [0.717, 1.165) is 55.0 Å². The Bertz CT molecular complexity index is 1080. The molecule has 1 fully saturated rings. The molecule has 7 heteroatoms. The molecule has 2 amide bonds. The number of carbonyl (C=O) groups is 2. The minimum absolute atomic E-state index is 0.108. The Balaban J connectivity index is 1.56. The van der Waals surface area contributed by atoms with Crippen LogP contribution in [0.1, 0.15) is 17.3 Å². The average molecular weight is 418 g/mol. The zero-order valence-electron chi connectivity index (χ0n) is 17.6. The van der Waals surface area contributed by atoms with E-state index in [4.69, 9.17) is 9.72 Å². The van der Waals surface area contributed by atoms with E-state index in [2.05, 4.69) is 15.5 Å². The van der Waals surface area contributed by atoms with E-state index in [-0.39, 0.29) is 11.8 Å². The summed E-state index contributed by atoms with van der Waals surface area (Å²) in [5.41, 5.74) is 3.68. The Morgan fingerprint density at radius 2 is 1.81 bits per heavy atom. The van der Waals surface area contributed by atoms with Crippen molar-refractivity contribution in [1.29, 1.82) is 0 Å². The lowest BCUT2D eigenvalue weighted by Crippen LogP contribution is -2.41. The van der Waals surface area contributed by atoms with Gasteiger partial charge in [-0.1, -0.05) is 30.3 Å². The number of nitrogens with one attached hydrogen (secondary N) is 2. The van der Waals surface area contributed by atoms with Crippen molar-refractivity contribution in [1.82, 2.24) is 15.2 Å². The second kappa shape index (κ2) is 9.68. The van der Waals surface area contributed by atoms with Gasteiger partial charge in [0, 0.05) is 49.7 Å². The van der Waals surface area contributed by atoms with Gasteiger partial charge in [-0.05, 0) is 24.3 Å². The van der Waals surface area contributed by atoms with Crippen LogP contribution in [0.25, 0.3) is 22.2 Å². The first-order valence-corrected chi connectivity index (χ1v) is 10.5. The number of anilines is 1. The molecule has 2 N–H and O–H groups in total. The van der Waals surface area contributed by atoms with Crippen LogP contribution in [0.2, 0.25) is 0 Å². The van der Waals surface area contributed by atoms with Crippen molar-refractivity contribution in [2.45, 2.75) is 6.92 Å². The number of rotatable bonds is 6. The molecule has 31 heavy (non-hydrogen) atoms. The highest BCUT2D eigenvalue weighted by Gasteiger charge is 2.15. The van der Waals surface area contributed by atoms with Gasteiger partial charge in [-0.25, -0.2) is 4.98 Å². The summed E-state index contributed by atoms with van der Waals surface area (Å²) in [4.78, 5) is 31.3. The summed E-state index contributed by atoms with van der Waals surface area (Å²) in [5, 5.41) is 6.63. The monoisotopic (exact) mass is 418 g/mol. The third-order valence-corrected chi connectivity index (χ3v) is 5.28. The predicted octanol–water partition coefficient (Wildman–Crippen LogP) is 2.92. The number of amides is 2. The molecule has 2 aromatic carbocycles. The molecule has 0 radical (unpaired) electrons. The normalized spacial score (nSPS) is 14.4. The first-order valence-electron chi connectivity index (χ1n) is 10.5. The van der Waals surface area contributed by atoms with Gasteiger partial charge < -0.3 is 15.4 Å². The molecule has 1 aliphatic rings. The molecule has 1 aromatic heterocycles. The number of carbonyl (C=O) groups excluding carboxylic acids is 2. The van der Waals surface area contributed by atoms with Gasteiger partial charge in [0.2, 0.25) is 5.91 Å². The second-order valence-electron chi connectivity index (χ2n) is 7.54. The van der Waals surface area contributed by atoms with E-state index < -0.39 is 0 Å². The molecule has 1 saturated heterocycles. The summed E-state index contributed by atoms with van der Waals surface area (Å²) in [5.74, 6) is -0.226. The number of hydrogen-bond acceptors (Lipinski definition) is 5. The third kappa shape index (κ3) is 5.25. The van der Waals surface area contributed by atoms with Crippen LogP contribution in [-0.2, 0) is 9.53 Å². The zero-order chi connectivity index (χ0) is 21.6. The minimum Gasteiger partial charge on any atom is -0.379 e. The molecule has 160 valence electrons. The molecule has 3 aromatic rings. The van der Waals surface area contributed by atoms with Crippen LogP contribution in [0.4, 0.5) is 5.69 Å². The number of para-hydroxylation sites is 1. The smallest absolute Gasteiger partial charge is 0.252 e. The zero-order valence-corrected chi connectivity index (χ0v) is 17.6. The quantitative estimate of drug-likeness (QED) is 0.643. The molecule has 0 bridgehead atoms. The van der Waals surface area contributed by atoms with E-state index >= 15 is 0 Å². The minimum atomic E-state index is -0.118. The van der Waals surface area contributed by atoms with Crippen LogP contribution in [-0.4, -0.2) is 61.1 Å². The standard InChI is InChI=1S/C24H26N4O3/c1-17(29)26-19-8-6-18(7-9-19)23-16-21(20-4-2-3-5-22(20)27-23)24(30)25-10-11-28-12-14-31-15-13-28/h2-9,16H,10-15H2,1H3,(H,25,30)(H,26,29). The maximum Gasteiger partial charge on any atom is 0.252 e. The Kier molecular flexibility index (Phi) is 6.54. The fourth-order valence-electron chi connectivity index (χ4n) is 3.69. The summed E-state index contributed by atoms with van der Waals surface area (Å²) in [6.45, 7) is 6.13. The lowest BCUT2D eigenvalue weighted by molar-refractivity contribution is -0.114. The van der Waals surface area contributed by atoms with Crippen LogP contribution in [0, 0.1) is 0 Å². The van der Waals surface area contributed by atoms with Gasteiger partial charge in [0.25, 0.3) is 5.91 Å². The highest BCUT2D eigenvalue weighted by molar-refractivity contribution is 6.07. The first kappa shape index (κ1) is 21.0. The molecule has 1 aliphatic heterocycles. The van der Waals surface area contributed by atoms with Crippen molar-refractivity contribution in [3.63, 3.8) is 0 Å². The van der Waals surface area contributed by atoms with Crippen LogP contribution in [0.5, 0.6) is 0 Å². The number of hydrogen-bond donors (Lipinski definition) is 2. The van der Waals surface area contributed by atoms with Crippen molar-refractivity contribution in [3.8, 4) is 11.3 Å². The van der Waals surface area contributed by atoms with Crippen molar-refractivity contribution in [3.05, 3.63) is 60.2 Å². The molecule has 0 unspecified atom stereocenters. The maximum absolute atomic E-state index is 13.0. The Morgan fingerprint density at radius 3 is 2.55 bits per heavy atom. The molecular weight excluding hydrogens is 392 g/mol. The fraction of sp³-hybridized carbons (Fsp3) is 0.292. The highest BCUT2D eigenvalue weighted by atomic mass is 16.5. The number of aromatic nitrogens is 1. The molecule has 7 nitrogen and oxygen atoms in total. The van der Waals surface area contributed by atoms with E-state index in [1.165, 1.54) is 6.92 Å². The summed E-state index contributed by atoms with van der Waals surface area (Å²) in [7, 11) is 0. The van der Waals surface area contributed by atoms with E-state index in [1.807, 2.05) is 54.6 Å². The number of ether oxygens (including phenoxy) is 1. The number of pyridine rings is 1. The van der Waals surface area contributed by atoms with Crippen LogP contribution in [0.3, 0.4) is 0 Å². The van der Waals surface area contributed by atoms with E-state index in [0.29, 0.717) is 17.8 Å². The molecule has 4 rings (SSSR count). The van der Waals surface area contributed by atoms with Crippen LogP contribution >= 0.6 is 0 Å². The van der Waals surface area contributed by atoms with Gasteiger partial charge in [-0.3, -0.25) is 14.5 Å². The van der Waals surface area contributed by atoms with Crippen molar-refractivity contribution in [2.24, 2.45) is 0 Å². The third-order valence-electron chi connectivity index (χ3n) is 5.28. The first-order chi connectivity index (χ1) is 15.1. The molecule has 0 saturated carbocycles. The van der Waals surface area contributed by atoms with Crippen molar-refractivity contribution < 1.29 is 14.3 Å². The maximum atomic E-state index is 13.0. The lowest BCUT2D eigenvalue weighted by atomic mass is 10.0. The Morgan fingerprint density at radius 1 is 1.06 bits per heavy atom. The van der Waals surface area contributed by atoms with Crippen molar-refractivity contribution >= 4 is 28.4 Å². The van der Waals surface area contributed by atoms with Gasteiger partial charge in [0.15, 0.2) is 0 Å². The topological polar surface area (TPSA) is 83.6 Å².